The molecule has 0 fully saturated rings. The van der Waals surface area contributed by atoms with E-state index in [0.29, 0.717) is 0 Å². The molecule has 4 heteroatoms. The first kappa shape index (κ1) is 14.9. The second kappa shape index (κ2) is 6.81. The van der Waals surface area contributed by atoms with Crippen LogP contribution in [0.5, 0.6) is 0 Å². The largest absolute Gasteiger partial charge is 0.252 e. The van der Waals surface area contributed by atoms with Crippen molar-refractivity contribution >= 4 is 10.8 Å². The first-order valence-electron chi connectivity index (χ1n) is 6.72. The third-order valence-electron chi connectivity index (χ3n) is 3.68. The quantitative estimate of drug-likeness (QED) is 0.618. The van der Waals surface area contributed by atoms with E-state index in [1.807, 2.05) is 26.0 Å². The molecule has 0 bridgehead atoms. The normalized spacial score (nSPS) is 14.4. The second-order valence-corrected chi connectivity index (χ2v) is 5.26. The van der Waals surface area contributed by atoms with E-state index in [2.05, 4.69) is 34.0 Å². The fourth-order valence-electron chi connectivity index (χ4n) is 2.31. The molecule has 0 saturated heterocycles. The first-order valence-corrected chi connectivity index (χ1v) is 6.72. The van der Waals surface area contributed by atoms with Crippen LogP contribution in [-0.4, -0.2) is 23.7 Å². The van der Waals surface area contributed by atoms with Gasteiger partial charge in [0.05, 0.1) is 13.2 Å². The second-order valence-electron chi connectivity index (χ2n) is 5.26. The molecule has 108 valence electrons. The van der Waals surface area contributed by atoms with Gasteiger partial charge in [-0.3, -0.25) is 10.5 Å². The van der Waals surface area contributed by atoms with Gasteiger partial charge in [0.2, 0.25) is 0 Å². The smallest absolute Gasteiger partial charge is 0.0885 e. The Hall–Kier alpha value is -1.46. The summed E-state index contributed by atoms with van der Waals surface area (Å²) in [6, 6.07) is 12.4. The molecule has 0 amide bonds. The zero-order valence-electron chi connectivity index (χ0n) is 11.7. The van der Waals surface area contributed by atoms with Crippen LogP contribution < -0.4 is 0 Å². The van der Waals surface area contributed by atoms with Crippen molar-refractivity contribution in [2.24, 2.45) is 0 Å². The average molecular weight is 276 g/mol. The lowest BCUT2D eigenvalue weighted by atomic mass is 9.95. The van der Waals surface area contributed by atoms with Crippen LogP contribution in [0, 0.1) is 0 Å². The van der Waals surface area contributed by atoms with Gasteiger partial charge >= 0.3 is 0 Å². The molecular weight excluding hydrogens is 256 g/mol. The maximum absolute atomic E-state index is 8.53. The van der Waals surface area contributed by atoms with Crippen molar-refractivity contribution in [3.63, 3.8) is 0 Å². The fraction of sp³-hybridized carbons (Fsp3) is 0.375. The Morgan fingerprint density at radius 1 is 0.800 bits per heavy atom. The van der Waals surface area contributed by atoms with Crippen LogP contribution in [0.25, 0.3) is 10.8 Å². The summed E-state index contributed by atoms with van der Waals surface area (Å²) < 4.78 is 0. The van der Waals surface area contributed by atoms with Crippen LogP contribution >= 0.6 is 0 Å². The van der Waals surface area contributed by atoms with E-state index in [4.69, 9.17) is 10.5 Å². The molecule has 4 nitrogen and oxygen atoms in total. The molecule has 0 radical (unpaired) electrons. The summed E-state index contributed by atoms with van der Waals surface area (Å²) in [7, 11) is 0. The third-order valence-corrected chi connectivity index (χ3v) is 3.68. The van der Waals surface area contributed by atoms with Crippen molar-refractivity contribution < 1.29 is 20.3 Å². The van der Waals surface area contributed by atoms with Crippen molar-refractivity contribution in [3.05, 3.63) is 47.5 Å². The van der Waals surface area contributed by atoms with Gasteiger partial charge in [-0.2, -0.15) is 0 Å². The van der Waals surface area contributed by atoms with Crippen LogP contribution in [0.2, 0.25) is 0 Å². The zero-order chi connectivity index (χ0) is 14.5. The van der Waals surface area contributed by atoms with Crippen molar-refractivity contribution in [1.82, 2.24) is 0 Å². The lowest BCUT2D eigenvalue weighted by molar-refractivity contribution is -0.245. The van der Waals surface area contributed by atoms with Crippen LogP contribution in [0.1, 0.15) is 36.8 Å². The Balaban J connectivity index is 2.29. The van der Waals surface area contributed by atoms with Gasteiger partial charge < -0.3 is 0 Å². The SMILES string of the molecule is CC(COO)c1ccc2cc(C(C)COO)ccc2c1. The van der Waals surface area contributed by atoms with Gasteiger partial charge in [0.1, 0.15) is 0 Å². The Morgan fingerprint density at radius 3 is 1.55 bits per heavy atom. The van der Waals surface area contributed by atoms with Crippen molar-refractivity contribution in [3.8, 4) is 0 Å². The predicted octanol–water partition coefficient (Wildman–Crippen LogP) is 4.03. The van der Waals surface area contributed by atoms with Gasteiger partial charge in [0, 0.05) is 11.8 Å². The summed E-state index contributed by atoms with van der Waals surface area (Å²) >= 11 is 0. The molecule has 0 heterocycles. The molecule has 0 aromatic heterocycles. The van der Waals surface area contributed by atoms with Crippen LogP contribution in [-0.2, 0) is 9.78 Å². The highest BCUT2D eigenvalue weighted by molar-refractivity contribution is 5.84. The van der Waals surface area contributed by atoms with Crippen LogP contribution in [0.15, 0.2) is 36.4 Å². The Kier molecular flexibility index (Phi) is 5.09. The monoisotopic (exact) mass is 276 g/mol. The molecule has 2 rings (SSSR count). The summed E-state index contributed by atoms with van der Waals surface area (Å²) in [4.78, 5) is 8.42. The van der Waals surface area contributed by atoms with E-state index in [9.17, 15) is 0 Å². The van der Waals surface area contributed by atoms with Crippen molar-refractivity contribution in [2.75, 3.05) is 13.2 Å². The molecule has 0 aliphatic carbocycles. The molecule has 0 spiro atoms. The molecule has 20 heavy (non-hydrogen) atoms. The lowest BCUT2D eigenvalue weighted by Crippen LogP contribution is -2.03. The van der Waals surface area contributed by atoms with Gasteiger partial charge in [0.15, 0.2) is 0 Å². The van der Waals surface area contributed by atoms with Gasteiger partial charge in [-0.15, -0.1) is 0 Å². The Labute approximate surface area is 118 Å². The van der Waals surface area contributed by atoms with Gasteiger partial charge in [-0.1, -0.05) is 50.2 Å². The standard InChI is InChI=1S/C16H20O4/c1-11(9-19-17)13-3-5-16-8-14(12(2)10-20-18)4-6-15(16)7-13/h3-8,11-12,17-18H,9-10H2,1-2H3. The molecule has 2 aromatic rings. The molecule has 2 atom stereocenters. The van der Waals surface area contributed by atoms with Gasteiger partial charge in [0.25, 0.3) is 0 Å². The molecule has 0 aliphatic rings. The van der Waals surface area contributed by atoms with Crippen LogP contribution in [0.4, 0.5) is 0 Å². The zero-order valence-corrected chi connectivity index (χ0v) is 11.7. The van der Waals surface area contributed by atoms with E-state index >= 15 is 0 Å². The minimum Gasteiger partial charge on any atom is -0.252 e. The third kappa shape index (κ3) is 3.35. The minimum absolute atomic E-state index is 0.144. The van der Waals surface area contributed by atoms with Gasteiger partial charge in [-0.25, -0.2) is 9.78 Å². The van der Waals surface area contributed by atoms with E-state index in [1.54, 1.807) is 0 Å². The Bertz CT molecular complexity index is 516. The van der Waals surface area contributed by atoms with Crippen molar-refractivity contribution in [1.29, 1.82) is 0 Å². The highest BCUT2D eigenvalue weighted by Gasteiger charge is 2.09. The highest BCUT2D eigenvalue weighted by atomic mass is 17.1. The topological polar surface area (TPSA) is 58.9 Å². The Morgan fingerprint density at radius 2 is 1.20 bits per heavy atom. The molecular formula is C16H20O4. The van der Waals surface area contributed by atoms with E-state index in [1.165, 1.54) is 0 Å². The van der Waals surface area contributed by atoms with E-state index in [-0.39, 0.29) is 25.0 Å². The highest BCUT2D eigenvalue weighted by Crippen LogP contribution is 2.25. The molecule has 2 aromatic carbocycles. The fourth-order valence-corrected chi connectivity index (χ4v) is 2.31. The predicted molar refractivity (Wildman–Crippen MR) is 77.9 cm³/mol. The number of hydrogen-bond acceptors (Lipinski definition) is 4. The maximum atomic E-state index is 8.53. The molecule has 2 unspecified atom stereocenters. The maximum Gasteiger partial charge on any atom is 0.0885 e. The summed E-state index contributed by atoms with van der Waals surface area (Å²) in [6.07, 6.45) is 0. The summed E-state index contributed by atoms with van der Waals surface area (Å²) in [5.74, 6) is 0.288. The average Bonchev–Trinajstić information content (AvgIpc) is 2.46. The summed E-state index contributed by atoms with van der Waals surface area (Å²) in [6.45, 7) is 4.59. The summed E-state index contributed by atoms with van der Waals surface area (Å²) in [5, 5.41) is 19.3. The number of rotatable bonds is 6. The number of benzene rings is 2. The van der Waals surface area contributed by atoms with E-state index < -0.39 is 0 Å². The van der Waals surface area contributed by atoms with Gasteiger partial charge in [-0.05, 0) is 21.9 Å². The molecule has 0 saturated carbocycles. The first-order chi connectivity index (χ1) is 9.65. The molecule has 2 N–H and O–H groups in total. The van der Waals surface area contributed by atoms with Crippen LogP contribution in [0.3, 0.4) is 0 Å². The minimum atomic E-state index is 0.144. The van der Waals surface area contributed by atoms with E-state index in [0.717, 1.165) is 21.9 Å². The number of hydrogen-bond donors (Lipinski definition) is 2. The van der Waals surface area contributed by atoms with Crippen molar-refractivity contribution in [2.45, 2.75) is 25.7 Å². The lowest BCUT2D eigenvalue weighted by Gasteiger charge is -2.13. The number of fused-ring (bicyclic) bond motifs is 1. The molecule has 0 aliphatic heterocycles. The summed E-state index contributed by atoms with van der Waals surface area (Å²) in [5.41, 5.74) is 2.26.